The van der Waals surface area contributed by atoms with E-state index < -0.39 is 17.4 Å². The first kappa shape index (κ1) is 20.0. The van der Waals surface area contributed by atoms with Crippen molar-refractivity contribution in [2.24, 2.45) is 0 Å². The van der Waals surface area contributed by atoms with E-state index in [0.717, 1.165) is 49.4 Å². The Morgan fingerprint density at radius 2 is 1.90 bits per heavy atom. The van der Waals surface area contributed by atoms with E-state index in [1.807, 2.05) is 22.8 Å². The molecule has 1 aliphatic rings. The molecule has 1 fully saturated rings. The minimum Gasteiger partial charge on any atom is -0.299 e. The van der Waals surface area contributed by atoms with Crippen molar-refractivity contribution in [2.45, 2.75) is 36.9 Å². The zero-order valence-corrected chi connectivity index (χ0v) is 17.0. The number of carbonyl (C=O) groups excluding carboxylic acids is 1. The second-order valence-corrected chi connectivity index (χ2v) is 8.28. The van der Waals surface area contributed by atoms with Gasteiger partial charge in [-0.2, -0.15) is 0 Å². The van der Waals surface area contributed by atoms with E-state index in [1.165, 1.54) is 11.8 Å². The molecule has 0 radical (unpaired) electrons. The van der Waals surface area contributed by atoms with Crippen molar-refractivity contribution in [3.05, 3.63) is 64.7 Å². The van der Waals surface area contributed by atoms with E-state index in [0.29, 0.717) is 16.0 Å². The van der Waals surface area contributed by atoms with E-state index in [4.69, 9.17) is 11.6 Å². The highest BCUT2D eigenvalue weighted by Crippen LogP contribution is 2.38. The van der Waals surface area contributed by atoms with Gasteiger partial charge in [-0.1, -0.05) is 48.3 Å². The SMILES string of the molecule is O=C(CSc1nnc(-c2ccccc2Cl)n1C1CCCC1)c1cc(F)ccc1F. The Kier molecular flexibility index (Phi) is 5.96. The van der Waals surface area contributed by atoms with Crippen LogP contribution in [0, 0.1) is 11.6 Å². The maximum Gasteiger partial charge on any atom is 0.192 e. The van der Waals surface area contributed by atoms with E-state index in [1.54, 1.807) is 6.07 Å². The number of nitrogens with zero attached hydrogens (tertiary/aromatic N) is 3. The highest BCUT2D eigenvalue weighted by Gasteiger charge is 2.26. The fourth-order valence-corrected chi connectivity index (χ4v) is 4.72. The molecule has 3 aromatic rings. The molecule has 1 saturated carbocycles. The molecule has 0 saturated heterocycles. The Morgan fingerprint density at radius 1 is 1.14 bits per heavy atom. The highest BCUT2D eigenvalue weighted by atomic mass is 35.5. The molecule has 29 heavy (non-hydrogen) atoms. The maximum atomic E-state index is 13.9. The predicted molar refractivity (Wildman–Crippen MR) is 109 cm³/mol. The van der Waals surface area contributed by atoms with Gasteiger partial charge < -0.3 is 0 Å². The molecule has 4 nitrogen and oxygen atoms in total. The van der Waals surface area contributed by atoms with E-state index in [-0.39, 0.29) is 17.4 Å². The number of hydrogen-bond acceptors (Lipinski definition) is 4. The van der Waals surface area contributed by atoms with Crippen LogP contribution in [-0.2, 0) is 0 Å². The molecular formula is C21H18ClF2N3OS. The zero-order valence-electron chi connectivity index (χ0n) is 15.4. The van der Waals surface area contributed by atoms with Gasteiger partial charge in [-0.3, -0.25) is 9.36 Å². The average molecular weight is 434 g/mol. The normalized spacial score (nSPS) is 14.4. The van der Waals surface area contributed by atoms with E-state index >= 15 is 0 Å². The summed E-state index contributed by atoms with van der Waals surface area (Å²) in [6.07, 6.45) is 4.22. The predicted octanol–water partition coefficient (Wildman–Crippen LogP) is 5.97. The minimum absolute atomic E-state index is 0.0618. The van der Waals surface area contributed by atoms with Crippen LogP contribution in [0.15, 0.2) is 47.6 Å². The van der Waals surface area contributed by atoms with Crippen LogP contribution in [0.25, 0.3) is 11.4 Å². The first-order chi connectivity index (χ1) is 14.0. The molecule has 0 spiro atoms. The van der Waals surface area contributed by atoms with Gasteiger partial charge >= 0.3 is 0 Å². The van der Waals surface area contributed by atoms with Crippen molar-refractivity contribution < 1.29 is 13.6 Å². The van der Waals surface area contributed by atoms with E-state index in [2.05, 4.69) is 10.2 Å². The zero-order chi connectivity index (χ0) is 20.4. The summed E-state index contributed by atoms with van der Waals surface area (Å²) in [5, 5.41) is 9.78. The molecule has 1 aromatic heterocycles. The number of hydrogen-bond donors (Lipinski definition) is 0. The standard InChI is InChI=1S/C21H18ClF2N3OS/c22-17-8-4-3-7-15(17)20-25-26-21(27(20)14-5-1-2-6-14)29-12-19(28)16-11-13(23)9-10-18(16)24/h3-4,7-11,14H,1-2,5-6,12H2. The van der Waals surface area contributed by atoms with Gasteiger partial charge in [-0.05, 0) is 43.2 Å². The quantitative estimate of drug-likeness (QED) is 0.355. The van der Waals surface area contributed by atoms with Crippen molar-refractivity contribution in [1.82, 2.24) is 14.8 Å². The van der Waals surface area contributed by atoms with Gasteiger partial charge in [0.05, 0.1) is 16.3 Å². The number of rotatable bonds is 6. The number of aromatic nitrogens is 3. The van der Waals surface area contributed by atoms with Gasteiger partial charge in [0.1, 0.15) is 11.6 Å². The first-order valence-corrected chi connectivity index (χ1v) is 10.7. The molecule has 0 bridgehead atoms. The number of ketones is 1. The molecule has 0 atom stereocenters. The number of halogens is 3. The third-order valence-corrected chi connectivity index (χ3v) is 6.30. The molecule has 2 aromatic carbocycles. The second kappa shape index (κ2) is 8.63. The van der Waals surface area contributed by atoms with Crippen molar-refractivity contribution in [1.29, 1.82) is 0 Å². The van der Waals surface area contributed by atoms with E-state index in [9.17, 15) is 13.6 Å². The smallest absolute Gasteiger partial charge is 0.192 e. The maximum absolute atomic E-state index is 13.9. The van der Waals surface area contributed by atoms with Crippen LogP contribution in [0.3, 0.4) is 0 Å². The van der Waals surface area contributed by atoms with Gasteiger partial charge in [0.2, 0.25) is 0 Å². The Bertz CT molecular complexity index is 1050. The summed E-state index contributed by atoms with van der Waals surface area (Å²) in [5.41, 5.74) is 0.527. The van der Waals surface area contributed by atoms with Crippen LogP contribution in [0.5, 0.6) is 0 Å². The summed E-state index contributed by atoms with van der Waals surface area (Å²) in [6, 6.07) is 10.5. The minimum atomic E-state index is -0.731. The Hall–Kier alpha value is -2.25. The number of thioether (sulfide) groups is 1. The summed E-state index contributed by atoms with van der Waals surface area (Å²) in [6.45, 7) is 0. The summed E-state index contributed by atoms with van der Waals surface area (Å²) in [7, 11) is 0. The van der Waals surface area contributed by atoms with Gasteiger partial charge in [0.25, 0.3) is 0 Å². The largest absolute Gasteiger partial charge is 0.299 e. The van der Waals surface area contributed by atoms with Crippen molar-refractivity contribution in [3.8, 4) is 11.4 Å². The molecule has 0 amide bonds. The van der Waals surface area contributed by atoms with Crippen LogP contribution in [-0.4, -0.2) is 26.3 Å². The van der Waals surface area contributed by atoms with Crippen LogP contribution < -0.4 is 0 Å². The summed E-state index contributed by atoms with van der Waals surface area (Å²) < 4.78 is 29.3. The Balaban J connectivity index is 1.63. The number of benzene rings is 2. The van der Waals surface area contributed by atoms with Crippen molar-refractivity contribution in [3.63, 3.8) is 0 Å². The lowest BCUT2D eigenvalue weighted by molar-refractivity contribution is 0.101. The number of Topliss-reactive ketones (excluding diaryl/α,β-unsaturated/α-hetero) is 1. The topological polar surface area (TPSA) is 47.8 Å². The van der Waals surface area contributed by atoms with Gasteiger partial charge in [0.15, 0.2) is 16.8 Å². The number of carbonyl (C=O) groups is 1. The van der Waals surface area contributed by atoms with Crippen LogP contribution >= 0.6 is 23.4 Å². The molecule has 150 valence electrons. The van der Waals surface area contributed by atoms with Crippen LogP contribution in [0.1, 0.15) is 42.1 Å². The molecule has 8 heteroatoms. The lowest BCUT2D eigenvalue weighted by Crippen LogP contribution is -2.11. The fourth-order valence-electron chi connectivity index (χ4n) is 3.61. The van der Waals surface area contributed by atoms with Crippen molar-refractivity contribution >= 4 is 29.1 Å². The summed E-state index contributed by atoms with van der Waals surface area (Å²) >= 11 is 7.55. The highest BCUT2D eigenvalue weighted by molar-refractivity contribution is 7.99. The molecule has 4 rings (SSSR count). The molecule has 0 unspecified atom stereocenters. The molecule has 1 aliphatic carbocycles. The van der Waals surface area contributed by atoms with Gasteiger partial charge in [-0.25, -0.2) is 8.78 Å². The van der Waals surface area contributed by atoms with Gasteiger partial charge in [-0.15, -0.1) is 10.2 Å². The average Bonchev–Trinajstić information content (AvgIpc) is 3.37. The van der Waals surface area contributed by atoms with Crippen LogP contribution in [0.2, 0.25) is 5.02 Å². The summed E-state index contributed by atoms with van der Waals surface area (Å²) in [5.74, 6) is -1.27. The third-order valence-electron chi connectivity index (χ3n) is 5.03. The van der Waals surface area contributed by atoms with Crippen molar-refractivity contribution in [2.75, 3.05) is 5.75 Å². The first-order valence-electron chi connectivity index (χ1n) is 9.35. The molecule has 0 aliphatic heterocycles. The monoisotopic (exact) mass is 433 g/mol. The fraction of sp³-hybridized carbons (Fsp3) is 0.286. The van der Waals surface area contributed by atoms with Gasteiger partial charge in [0, 0.05) is 11.6 Å². The second-order valence-electron chi connectivity index (χ2n) is 6.93. The summed E-state index contributed by atoms with van der Waals surface area (Å²) in [4.78, 5) is 12.4. The third kappa shape index (κ3) is 4.21. The Morgan fingerprint density at radius 3 is 2.66 bits per heavy atom. The Labute approximate surface area is 176 Å². The van der Waals surface area contributed by atoms with Crippen LogP contribution in [0.4, 0.5) is 8.78 Å². The lowest BCUT2D eigenvalue weighted by atomic mass is 10.1. The molecule has 0 N–H and O–H groups in total. The molecule has 1 heterocycles. The lowest BCUT2D eigenvalue weighted by Gasteiger charge is -2.17. The molecular weight excluding hydrogens is 416 g/mol.